The van der Waals surface area contributed by atoms with Gasteiger partial charge in [-0.2, -0.15) is 0 Å². The Morgan fingerprint density at radius 3 is 2.39 bits per heavy atom. The van der Waals surface area contributed by atoms with Crippen LogP contribution in [0.3, 0.4) is 0 Å². The molecule has 1 amide bonds. The van der Waals surface area contributed by atoms with Gasteiger partial charge >= 0.3 is 0 Å². The number of methoxy groups -OCH3 is 1. The van der Waals surface area contributed by atoms with Crippen molar-refractivity contribution >= 4 is 33.5 Å². The van der Waals surface area contributed by atoms with Gasteiger partial charge in [0.15, 0.2) is 0 Å². The quantitative estimate of drug-likeness (QED) is 0.353. The van der Waals surface area contributed by atoms with Gasteiger partial charge in [-0.15, -0.1) is 0 Å². The normalized spacial score (nSPS) is 10.9. The first-order valence-electron chi connectivity index (χ1n) is 9.85. The molecule has 4 aromatic carbocycles. The Balaban J connectivity index is 1.44. The topological polar surface area (TPSA) is 60.7 Å². The van der Waals surface area contributed by atoms with Gasteiger partial charge in [-0.25, -0.2) is 0 Å². The Kier molecular flexibility index (Phi) is 4.77. The van der Waals surface area contributed by atoms with E-state index in [-0.39, 0.29) is 5.91 Å². The number of hydrogen-bond acceptors (Lipinski definition) is 4. The van der Waals surface area contributed by atoms with Gasteiger partial charge in [-0.1, -0.05) is 42.5 Å². The molecule has 0 saturated carbocycles. The zero-order valence-corrected chi connectivity index (χ0v) is 16.8. The minimum absolute atomic E-state index is 0.271. The molecule has 0 aliphatic heterocycles. The first-order valence-corrected chi connectivity index (χ1v) is 9.85. The van der Waals surface area contributed by atoms with Gasteiger partial charge in [-0.05, 0) is 42.5 Å². The van der Waals surface area contributed by atoms with Crippen LogP contribution in [0, 0.1) is 0 Å². The Hall–Kier alpha value is -4.25. The molecular weight excluding hydrogens is 390 g/mol. The Morgan fingerprint density at radius 2 is 1.55 bits per heavy atom. The second-order valence-electron chi connectivity index (χ2n) is 7.04. The van der Waals surface area contributed by atoms with Gasteiger partial charge < -0.3 is 19.2 Å². The van der Waals surface area contributed by atoms with E-state index in [9.17, 15) is 4.79 Å². The summed E-state index contributed by atoms with van der Waals surface area (Å²) in [7, 11) is 1.58. The maximum absolute atomic E-state index is 12.9. The fourth-order valence-corrected chi connectivity index (χ4v) is 3.54. The number of amides is 1. The van der Waals surface area contributed by atoms with E-state index in [2.05, 4.69) is 5.32 Å². The van der Waals surface area contributed by atoms with Crippen molar-refractivity contribution in [2.24, 2.45) is 0 Å². The molecule has 0 aliphatic rings. The second-order valence-corrected chi connectivity index (χ2v) is 7.04. The predicted molar refractivity (Wildman–Crippen MR) is 121 cm³/mol. The molecule has 152 valence electrons. The maximum Gasteiger partial charge on any atom is 0.255 e. The predicted octanol–water partition coefficient (Wildman–Crippen LogP) is 6.64. The molecule has 0 fully saturated rings. The lowest BCUT2D eigenvalue weighted by molar-refractivity contribution is 0.102. The van der Waals surface area contributed by atoms with Crippen molar-refractivity contribution in [3.8, 4) is 17.2 Å². The highest BCUT2D eigenvalue weighted by Crippen LogP contribution is 2.36. The van der Waals surface area contributed by atoms with Crippen molar-refractivity contribution in [3.63, 3.8) is 0 Å². The molecule has 1 N–H and O–H groups in total. The number of carbonyl (C=O) groups is 1. The molecule has 5 aromatic rings. The molecule has 5 heteroatoms. The lowest BCUT2D eigenvalue weighted by atomic mass is 10.1. The third-order valence-electron chi connectivity index (χ3n) is 5.02. The fourth-order valence-electron chi connectivity index (χ4n) is 3.54. The molecular formula is C26H19NO4. The number of ether oxygens (including phenoxy) is 2. The third-order valence-corrected chi connectivity index (χ3v) is 5.02. The maximum atomic E-state index is 12.9. The van der Waals surface area contributed by atoms with Crippen LogP contribution in [0.1, 0.15) is 10.4 Å². The number of para-hydroxylation sites is 2. The molecule has 0 aliphatic carbocycles. The lowest BCUT2D eigenvalue weighted by Gasteiger charge is -2.11. The molecule has 0 atom stereocenters. The summed E-state index contributed by atoms with van der Waals surface area (Å²) in [5.74, 6) is 1.58. The molecule has 31 heavy (non-hydrogen) atoms. The summed E-state index contributed by atoms with van der Waals surface area (Å²) >= 11 is 0. The summed E-state index contributed by atoms with van der Waals surface area (Å²) in [6, 6.07) is 27.9. The summed E-state index contributed by atoms with van der Waals surface area (Å²) < 4.78 is 17.3. The first-order chi connectivity index (χ1) is 15.2. The van der Waals surface area contributed by atoms with E-state index in [1.807, 2.05) is 66.7 Å². The molecule has 1 aromatic heterocycles. The largest absolute Gasteiger partial charge is 0.495 e. The van der Waals surface area contributed by atoms with Crippen molar-refractivity contribution in [2.45, 2.75) is 0 Å². The first kappa shape index (κ1) is 18.8. The van der Waals surface area contributed by atoms with Crippen LogP contribution >= 0.6 is 0 Å². The van der Waals surface area contributed by atoms with E-state index >= 15 is 0 Å². The molecule has 0 radical (unpaired) electrons. The van der Waals surface area contributed by atoms with Crippen LogP contribution in [0.15, 0.2) is 95.4 Å². The number of nitrogens with one attached hydrogen (secondary N) is 1. The number of carbonyl (C=O) groups excluding carboxylic acids is 1. The standard InChI is InChI=1S/C26H19NO4/c1-29-25-15-21-20-12-5-6-13-23(20)31-24(21)16-22(25)27-26(28)17-8-7-11-19(14-17)30-18-9-3-2-4-10-18/h2-16H,1H3,(H,27,28). The van der Waals surface area contributed by atoms with E-state index in [4.69, 9.17) is 13.9 Å². The zero-order valence-electron chi connectivity index (χ0n) is 16.8. The minimum Gasteiger partial charge on any atom is -0.495 e. The van der Waals surface area contributed by atoms with Gasteiger partial charge in [0, 0.05) is 22.4 Å². The highest BCUT2D eigenvalue weighted by atomic mass is 16.5. The fraction of sp³-hybridized carbons (Fsp3) is 0.0385. The van der Waals surface area contributed by atoms with Crippen molar-refractivity contribution in [2.75, 3.05) is 12.4 Å². The van der Waals surface area contributed by atoms with Crippen LogP contribution in [0.25, 0.3) is 21.9 Å². The number of benzene rings is 4. The molecule has 1 heterocycles. The van der Waals surface area contributed by atoms with E-state index < -0.39 is 0 Å². The monoisotopic (exact) mass is 409 g/mol. The van der Waals surface area contributed by atoms with Crippen LogP contribution in [-0.4, -0.2) is 13.0 Å². The van der Waals surface area contributed by atoms with E-state index in [0.29, 0.717) is 34.1 Å². The number of furan rings is 1. The highest BCUT2D eigenvalue weighted by molar-refractivity contribution is 6.10. The van der Waals surface area contributed by atoms with Crippen LogP contribution < -0.4 is 14.8 Å². The summed E-state index contributed by atoms with van der Waals surface area (Å²) in [4.78, 5) is 12.9. The summed E-state index contributed by atoms with van der Waals surface area (Å²) in [5, 5.41) is 4.86. The third kappa shape index (κ3) is 3.69. The molecule has 0 bridgehead atoms. The van der Waals surface area contributed by atoms with Gasteiger partial charge in [-0.3, -0.25) is 4.79 Å². The average Bonchev–Trinajstić information content (AvgIpc) is 3.16. The van der Waals surface area contributed by atoms with E-state index in [1.54, 1.807) is 31.4 Å². The van der Waals surface area contributed by atoms with Crippen LogP contribution in [-0.2, 0) is 0 Å². The van der Waals surface area contributed by atoms with Crippen LogP contribution in [0.5, 0.6) is 17.2 Å². The Bertz CT molecular complexity index is 1390. The van der Waals surface area contributed by atoms with E-state index in [0.717, 1.165) is 16.4 Å². The Labute approximate surface area is 178 Å². The highest BCUT2D eigenvalue weighted by Gasteiger charge is 2.15. The summed E-state index contributed by atoms with van der Waals surface area (Å²) in [5.41, 5.74) is 2.47. The molecule has 5 nitrogen and oxygen atoms in total. The number of rotatable bonds is 5. The molecule has 0 saturated heterocycles. The number of fused-ring (bicyclic) bond motifs is 3. The SMILES string of the molecule is COc1cc2c(cc1NC(=O)c1cccc(Oc3ccccc3)c1)oc1ccccc12. The second kappa shape index (κ2) is 7.88. The van der Waals surface area contributed by atoms with Crippen molar-refractivity contribution < 1.29 is 18.7 Å². The zero-order chi connectivity index (χ0) is 21.2. The minimum atomic E-state index is -0.271. The van der Waals surface area contributed by atoms with Crippen LogP contribution in [0.4, 0.5) is 5.69 Å². The molecule has 0 unspecified atom stereocenters. The van der Waals surface area contributed by atoms with Gasteiger partial charge in [0.25, 0.3) is 5.91 Å². The van der Waals surface area contributed by atoms with Gasteiger partial charge in [0.05, 0.1) is 12.8 Å². The van der Waals surface area contributed by atoms with Crippen molar-refractivity contribution in [1.29, 1.82) is 0 Å². The van der Waals surface area contributed by atoms with Gasteiger partial charge in [0.2, 0.25) is 0 Å². The number of anilines is 1. The summed E-state index contributed by atoms with van der Waals surface area (Å²) in [6.07, 6.45) is 0. The smallest absolute Gasteiger partial charge is 0.255 e. The van der Waals surface area contributed by atoms with Crippen molar-refractivity contribution in [1.82, 2.24) is 0 Å². The van der Waals surface area contributed by atoms with Crippen LogP contribution in [0.2, 0.25) is 0 Å². The number of hydrogen-bond donors (Lipinski definition) is 1. The summed E-state index contributed by atoms with van der Waals surface area (Å²) in [6.45, 7) is 0. The molecule has 0 spiro atoms. The Morgan fingerprint density at radius 1 is 0.774 bits per heavy atom. The lowest BCUT2D eigenvalue weighted by Crippen LogP contribution is -2.12. The average molecular weight is 409 g/mol. The van der Waals surface area contributed by atoms with Gasteiger partial charge in [0.1, 0.15) is 28.4 Å². The van der Waals surface area contributed by atoms with Crippen molar-refractivity contribution in [3.05, 3.63) is 96.6 Å². The molecule has 5 rings (SSSR count). The van der Waals surface area contributed by atoms with E-state index in [1.165, 1.54) is 0 Å².